The maximum absolute atomic E-state index is 12.5. The van der Waals surface area contributed by atoms with Gasteiger partial charge in [0, 0.05) is 19.5 Å². The van der Waals surface area contributed by atoms with Crippen molar-refractivity contribution in [3.63, 3.8) is 0 Å². The van der Waals surface area contributed by atoms with Crippen LogP contribution in [0.5, 0.6) is 0 Å². The molecule has 13 heteroatoms. The number of sulfonamides is 1. The zero-order valence-electron chi connectivity index (χ0n) is 17.8. The smallest absolute Gasteiger partial charge is 0.345 e. The number of aliphatic carboxylic acids is 1. The molecule has 31 heavy (non-hydrogen) atoms. The minimum Gasteiger partial charge on any atom is -0.478 e. The average molecular weight is 461 g/mol. The van der Waals surface area contributed by atoms with Gasteiger partial charge >= 0.3 is 5.97 Å². The van der Waals surface area contributed by atoms with E-state index < -0.39 is 27.6 Å². The van der Waals surface area contributed by atoms with Crippen LogP contribution in [0.25, 0.3) is 0 Å². The van der Waals surface area contributed by atoms with Crippen molar-refractivity contribution in [1.82, 2.24) is 20.7 Å². The second-order valence-electron chi connectivity index (χ2n) is 7.45. The molecule has 0 radical (unpaired) electrons. The number of oxime groups is 1. The van der Waals surface area contributed by atoms with Crippen molar-refractivity contribution in [1.29, 1.82) is 0 Å². The maximum atomic E-state index is 12.5. The first kappa shape index (κ1) is 24.9. The zero-order valence-corrected chi connectivity index (χ0v) is 18.6. The van der Waals surface area contributed by atoms with E-state index >= 15 is 0 Å². The van der Waals surface area contributed by atoms with Crippen LogP contribution in [0.4, 0.5) is 0 Å². The number of carbonyl (C=O) groups excluding carboxylic acids is 1. The zero-order chi connectivity index (χ0) is 22.7. The number of rotatable bonds is 14. The fourth-order valence-corrected chi connectivity index (χ4v) is 4.68. The predicted octanol–water partition coefficient (Wildman–Crippen LogP) is -0.511. The molecule has 2 aliphatic rings. The second-order valence-corrected chi connectivity index (χ2v) is 9.30. The van der Waals surface area contributed by atoms with Gasteiger partial charge in [0.15, 0.2) is 5.96 Å². The summed E-state index contributed by atoms with van der Waals surface area (Å²) in [5, 5.41) is 22.1. The molecule has 1 unspecified atom stereocenters. The average Bonchev–Trinajstić information content (AvgIpc) is 3.42. The van der Waals surface area contributed by atoms with Gasteiger partial charge < -0.3 is 25.9 Å². The molecule has 0 fully saturated rings. The number of nitrogens with one attached hydrogen (secondary N) is 4. The molecule has 0 aromatic heterocycles. The number of guanidine groups is 1. The number of hydrogen-bond acceptors (Lipinski definition) is 9. The number of carbonyl (C=O) groups is 2. The Bertz CT molecular complexity index is 799. The van der Waals surface area contributed by atoms with Crippen molar-refractivity contribution in [3.05, 3.63) is 0 Å². The van der Waals surface area contributed by atoms with Gasteiger partial charge in [-0.2, -0.15) is 4.72 Å². The molecule has 0 aliphatic carbocycles. The molecule has 12 nitrogen and oxygen atoms in total. The lowest BCUT2D eigenvalue weighted by atomic mass is 10.0. The Balaban J connectivity index is 2.01. The minimum atomic E-state index is -3.93. The van der Waals surface area contributed by atoms with Crippen molar-refractivity contribution in [2.45, 2.75) is 57.5 Å². The van der Waals surface area contributed by atoms with Crippen LogP contribution in [0.1, 0.15) is 51.9 Å². The van der Waals surface area contributed by atoms with Crippen LogP contribution >= 0.6 is 0 Å². The van der Waals surface area contributed by atoms with Crippen molar-refractivity contribution in [3.8, 4) is 0 Å². The molecule has 0 bridgehead atoms. The number of nitrogens with zero attached hydrogens (tertiary/aromatic N) is 2. The standard InChI is InChI=1S/C18H32N6O6S/c1-2-3-13-31(28,29)24-18(16(26)27,22-15(25)14-7-12-30-23-14)8-5-4-6-9-19-17-20-10-11-21-17/h24H,2-13H2,1H3,(H,22,25)(H,26,27)(H2,19,20,21). The van der Waals surface area contributed by atoms with Gasteiger partial charge in [0.25, 0.3) is 5.91 Å². The molecule has 2 heterocycles. The molecule has 2 aliphatic heterocycles. The third-order valence-electron chi connectivity index (χ3n) is 4.85. The highest BCUT2D eigenvalue weighted by atomic mass is 32.2. The topological polar surface area (TPSA) is 171 Å². The van der Waals surface area contributed by atoms with Crippen molar-refractivity contribution in [2.24, 2.45) is 10.1 Å². The van der Waals surface area contributed by atoms with Crippen LogP contribution in [0.3, 0.4) is 0 Å². The highest BCUT2D eigenvalue weighted by Gasteiger charge is 2.44. The molecule has 176 valence electrons. The second kappa shape index (κ2) is 11.8. The van der Waals surface area contributed by atoms with Gasteiger partial charge in [-0.15, -0.1) is 0 Å². The lowest BCUT2D eigenvalue weighted by Gasteiger charge is -2.31. The van der Waals surface area contributed by atoms with Crippen LogP contribution in [-0.4, -0.2) is 74.7 Å². The highest BCUT2D eigenvalue weighted by Crippen LogP contribution is 2.17. The summed E-state index contributed by atoms with van der Waals surface area (Å²) in [7, 11) is -3.93. The quantitative estimate of drug-likeness (QED) is 0.170. The fraction of sp³-hybridized carbons (Fsp3) is 0.778. The van der Waals surface area contributed by atoms with Gasteiger partial charge in [-0.3, -0.25) is 9.79 Å². The van der Waals surface area contributed by atoms with Crippen molar-refractivity contribution >= 4 is 33.6 Å². The third kappa shape index (κ3) is 7.98. The summed E-state index contributed by atoms with van der Waals surface area (Å²) in [6, 6.07) is 0. The van der Waals surface area contributed by atoms with E-state index in [2.05, 4.69) is 30.8 Å². The van der Waals surface area contributed by atoms with E-state index in [1.54, 1.807) is 0 Å². The Kier molecular flexibility index (Phi) is 9.49. The van der Waals surface area contributed by atoms with E-state index in [-0.39, 0.29) is 30.9 Å². The number of carboxylic acid groups (broad SMARTS) is 1. The molecular formula is C18H32N6O6S. The molecule has 0 spiro atoms. The van der Waals surface area contributed by atoms with Crippen LogP contribution in [0, 0.1) is 0 Å². The Morgan fingerprint density at radius 2 is 2.06 bits per heavy atom. The molecule has 2 rings (SSSR count). The molecule has 0 aromatic carbocycles. The van der Waals surface area contributed by atoms with Crippen LogP contribution in [0.15, 0.2) is 10.1 Å². The van der Waals surface area contributed by atoms with Crippen LogP contribution < -0.4 is 20.7 Å². The molecule has 0 saturated carbocycles. The SMILES string of the molecule is CCCCS(=O)(=O)NC(CCCCCNC1=NCCN1)(NC(=O)C1=NOCC1)C(=O)O. The number of hydrogen-bond donors (Lipinski definition) is 5. The van der Waals surface area contributed by atoms with Gasteiger partial charge in [-0.1, -0.05) is 24.9 Å². The molecule has 5 N–H and O–H groups in total. The maximum Gasteiger partial charge on any atom is 0.345 e. The number of aliphatic imine (C=N–C) groups is 1. The number of amides is 1. The van der Waals surface area contributed by atoms with Crippen molar-refractivity contribution in [2.75, 3.05) is 32.0 Å². The van der Waals surface area contributed by atoms with E-state index in [0.717, 1.165) is 25.5 Å². The summed E-state index contributed by atoms with van der Waals surface area (Å²) < 4.78 is 27.2. The monoisotopic (exact) mass is 460 g/mol. The number of unbranched alkanes of at least 4 members (excludes halogenated alkanes) is 3. The molecule has 0 saturated heterocycles. The predicted molar refractivity (Wildman–Crippen MR) is 115 cm³/mol. The third-order valence-corrected chi connectivity index (χ3v) is 6.34. The first-order valence-electron chi connectivity index (χ1n) is 10.6. The van der Waals surface area contributed by atoms with E-state index in [9.17, 15) is 23.1 Å². The van der Waals surface area contributed by atoms with Gasteiger partial charge in [-0.05, 0) is 25.7 Å². The summed E-state index contributed by atoms with van der Waals surface area (Å²) in [4.78, 5) is 33.7. The number of carboxylic acids is 1. The van der Waals surface area contributed by atoms with E-state index in [4.69, 9.17) is 4.84 Å². The van der Waals surface area contributed by atoms with Crippen LogP contribution in [0.2, 0.25) is 0 Å². The summed E-state index contributed by atoms with van der Waals surface area (Å²) in [6.45, 7) is 4.24. The first-order chi connectivity index (χ1) is 14.8. The lowest BCUT2D eigenvalue weighted by molar-refractivity contribution is -0.148. The molecular weight excluding hydrogens is 428 g/mol. The molecule has 0 aromatic rings. The Labute approximate surface area is 182 Å². The summed E-state index contributed by atoms with van der Waals surface area (Å²) in [6.07, 6.45) is 2.88. The normalized spacial score (nSPS) is 17.7. The summed E-state index contributed by atoms with van der Waals surface area (Å²) >= 11 is 0. The van der Waals surface area contributed by atoms with Gasteiger partial charge in [0.05, 0.1) is 12.3 Å². The fourth-order valence-electron chi connectivity index (χ4n) is 3.14. The van der Waals surface area contributed by atoms with E-state index in [1.807, 2.05) is 6.92 Å². The van der Waals surface area contributed by atoms with Gasteiger partial charge in [0.1, 0.15) is 12.3 Å². The van der Waals surface area contributed by atoms with Crippen LogP contribution in [-0.2, 0) is 24.4 Å². The Hall–Kier alpha value is -2.41. The van der Waals surface area contributed by atoms with Gasteiger partial charge in [-0.25, -0.2) is 13.2 Å². The largest absolute Gasteiger partial charge is 0.478 e. The Morgan fingerprint density at radius 3 is 2.68 bits per heavy atom. The summed E-state index contributed by atoms with van der Waals surface area (Å²) in [5.41, 5.74) is -2.12. The van der Waals surface area contributed by atoms with Gasteiger partial charge in [0.2, 0.25) is 15.7 Å². The summed E-state index contributed by atoms with van der Waals surface area (Å²) in [5.74, 6) is -1.71. The van der Waals surface area contributed by atoms with Crippen molar-refractivity contribution < 1.29 is 28.0 Å². The van der Waals surface area contributed by atoms with E-state index in [0.29, 0.717) is 32.2 Å². The van der Waals surface area contributed by atoms with E-state index in [1.165, 1.54) is 0 Å². The first-order valence-corrected chi connectivity index (χ1v) is 12.2. The Morgan fingerprint density at radius 1 is 1.26 bits per heavy atom. The lowest BCUT2D eigenvalue weighted by Crippen LogP contribution is -2.66. The minimum absolute atomic E-state index is 0.0346. The molecule has 1 amide bonds. The highest BCUT2D eigenvalue weighted by molar-refractivity contribution is 7.89. The molecule has 1 atom stereocenters.